The van der Waals surface area contributed by atoms with E-state index >= 15 is 0 Å². The van der Waals surface area contributed by atoms with E-state index in [-0.39, 0.29) is 46.5 Å². The zero-order valence-corrected chi connectivity index (χ0v) is 32.7. The van der Waals surface area contributed by atoms with Crippen molar-refractivity contribution >= 4 is 80.2 Å². The van der Waals surface area contributed by atoms with Crippen LogP contribution >= 0.6 is 23.5 Å². The maximum atomic E-state index is 13.2. The first-order valence-electron chi connectivity index (χ1n) is 17.6. The fourth-order valence-electron chi connectivity index (χ4n) is 6.41. The number of nitro groups is 2. The Morgan fingerprint density at radius 2 is 1.07 bits per heavy atom. The summed E-state index contributed by atoms with van der Waals surface area (Å²) in [5, 5.41) is 29.5. The predicted octanol–water partition coefficient (Wildman–Crippen LogP) is 9.17. The molecule has 16 heteroatoms. The molecule has 0 fully saturated rings. The molecule has 0 bridgehead atoms. The fraction of sp³-hybridized carbons (Fsp3) is 0.282. The van der Waals surface area contributed by atoms with E-state index in [1.807, 2.05) is 13.8 Å². The molecule has 4 aromatic carbocycles. The summed E-state index contributed by atoms with van der Waals surface area (Å²) in [7, 11) is 0. The van der Waals surface area contributed by atoms with Crippen LogP contribution in [0.25, 0.3) is 22.1 Å². The Morgan fingerprint density at radius 3 is 1.44 bits per heavy atom. The number of rotatable bonds is 14. The standard InChI is InChI=1S/C39H40N8O6S2/c1-20(2)28-14-24(11-22(5)36(28)44-34(48)18-54-38-40-30-9-7-26(46(50)51)16-32(30)42-38)13-25-12-23(6)37(29(15-25)21(3)4)45-35(49)19-55-39-41-31-10-8-27(47(52)53)17-33(31)43-39/h7-12,14-17,20-21H,13,18-19H2,1-6H3,(H,40,42)(H,41,43)(H,44,48)(H,45,49). The summed E-state index contributed by atoms with van der Waals surface area (Å²) >= 11 is 2.45. The number of nitrogens with one attached hydrogen (secondary N) is 4. The molecule has 0 atom stereocenters. The molecule has 0 saturated carbocycles. The molecule has 284 valence electrons. The van der Waals surface area contributed by atoms with Crippen molar-refractivity contribution in [2.24, 2.45) is 0 Å². The van der Waals surface area contributed by atoms with Crippen LogP contribution in [0.3, 0.4) is 0 Å². The maximum Gasteiger partial charge on any atom is 0.271 e. The molecule has 0 unspecified atom stereocenters. The number of anilines is 2. The van der Waals surface area contributed by atoms with Crippen molar-refractivity contribution in [3.63, 3.8) is 0 Å². The summed E-state index contributed by atoms with van der Waals surface area (Å²) in [5.74, 6) is 0.0965. The first-order chi connectivity index (χ1) is 26.1. The lowest BCUT2D eigenvalue weighted by atomic mass is 9.90. The zero-order chi connectivity index (χ0) is 39.6. The van der Waals surface area contributed by atoms with E-state index in [9.17, 15) is 29.8 Å². The number of benzene rings is 4. The average Bonchev–Trinajstić information content (AvgIpc) is 3.74. The highest BCUT2D eigenvalue weighted by molar-refractivity contribution is 8.00. The number of aromatic amines is 2. The molecule has 0 aliphatic carbocycles. The molecular formula is C39H40N8O6S2. The minimum Gasteiger partial charge on any atom is -0.333 e. The van der Waals surface area contributed by atoms with E-state index in [1.54, 1.807) is 12.1 Å². The van der Waals surface area contributed by atoms with Gasteiger partial charge in [0, 0.05) is 35.6 Å². The number of aryl methyl sites for hydroxylation is 2. The van der Waals surface area contributed by atoms with E-state index in [0.717, 1.165) is 44.8 Å². The summed E-state index contributed by atoms with van der Waals surface area (Å²) in [5.41, 5.74) is 9.88. The Labute approximate surface area is 325 Å². The molecule has 0 spiro atoms. The number of non-ortho nitro benzene ring substituents is 2. The number of thioether (sulfide) groups is 2. The van der Waals surface area contributed by atoms with Gasteiger partial charge in [-0.3, -0.25) is 29.8 Å². The number of imidazole rings is 2. The number of fused-ring (bicyclic) bond motifs is 2. The Hall–Kier alpha value is -5.74. The smallest absolute Gasteiger partial charge is 0.271 e. The second kappa shape index (κ2) is 16.3. The molecule has 0 saturated heterocycles. The quantitative estimate of drug-likeness (QED) is 0.0469. The highest BCUT2D eigenvalue weighted by Crippen LogP contribution is 2.34. The predicted molar refractivity (Wildman–Crippen MR) is 218 cm³/mol. The number of hydrogen-bond acceptors (Lipinski definition) is 10. The molecule has 55 heavy (non-hydrogen) atoms. The van der Waals surface area contributed by atoms with Crippen LogP contribution in [-0.4, -0.2) is 53.1 Å². The van der Waals surface area contributed by atoms with Crippen LogP contribution in [-0.2, 0) is 16.0 Å². The first kappa shape index (κ1) is 39.0. The largest absolute Gasteiger partial charge is 0.333 e. The van der Waals surface area contributed by atoms with Crippen molar-refractivity contribution in [2.75, 3.05) is 22.1 Å². The van der Waals surface area contributed by atoms with Crippen LogP contribution in [0.15, 0.2) is 71.0 Å². The van der Waals surface area contributed by atoms with Crippen molar-refractivity contribution in [3.8, 4) is 0 Å². The van der Waals surface area contributed by atoms with Gasteiger partial charge in [0.1, 0.15) is 0 Å². The van der Waals surface area contributed by atoms with Crippen molar-refractivity contribution in [1.82, 2.24) is 19.9 Å². The van der Waals surface area contributed by atoms with Crippen LogP contribution < -0.4 is 10.6 Å². The third-order valence-corrected chi connectivity index (χ3v) is 10.8. The zero-order valence-electron chi connectivity index (χ0n) is 31.1. The van der Waals surface area contributed by atoms with Gasteiger partial charge in [-0.25, -0.2) is 9.97 Å². The Kier molecular flexibility index (Phi) is 11.6. The van der Waals surface area contributed by atoms with Gasteiger partial charge in [-0.15, -0.1) is 0 Å². The topological polar surface area (TPSA) is 202 Å². The Bertz CT molecular complexity index is 2300. The summed E-state index contributed by atoms with van der Waals surface area (Å²) in [6.07, 6.45) is 0.656. The number of hydrogen-bond donors (Lipinski definition) is 4. The van der Waals surface area contributed by atoms with Gasteiger partial charge in [0.25, 0.3) is 11.4 Å². The van der Waals surface area contributed by atoms with Crippen molar-refractivity contribution in [2.45, 2.75) is 70.1 Å². The number of aromatic nitrogens is 4. The van der Waals surface area contributed by atoms with Gasteiger partial charge >= 0.3 is 0 Å². The van der Waals surface area contributed by atoms with Crippen LogP contribution in [0.4, 0.5) is 22.7 Å². The van der Waals surface area contributed by atoms with Crippen LogP contribution in [0.1, 0.15) is 72.9 Å². The van der Waals surface area contributed by atoms with Crippen molar-refractivity contribution < 1.29 is 19.4 Å². The minimum absolute atomic E-state index is 0.0332. The number of carbonyl (C=O) groups excluding carboxylic acids is 2. The van der Waals surface area contributed by atoms with Gasteiger partial charge < -0.3 is 20.6 Å². The van der Waals surface area contributed by atoms with Crippen LogP contribution in [0, 0.1) is 34.1 Å². The van der Waals surface area contributed by atoms with E-state index in [4.69, 9.17) is 0 Å². The second-order valence-electron chi connectivity index (χ2n) is 13.9. The lowest BCUT2D eigenvalue weighted by Crippen LogP contribution is -2.17. The van der Waals surface area contributed by atoms with Crippen LogP contribution in [0.2, 0.25) is 0 Å². The summed E-state index contributed by atoms with van der Waals surface area (Å²) < 4.78 is 0. The number of nitrogens with zero attached hydrogens (tertiary/aromatic N) is 4. The summed E-state index contributed by atoms with van der Waals surface area (Å²) in [6, 6.07) is 17.3. The highest BCUT2D eigenvalue weighted by Gasteiger charge is 2.19. The number of carbonyl (C=O) groups is 2. The highest BCUT2D eigenvalue weighted by atomic mass is 32.2. The summed E-state index contributed by atoms with van der Waals surface area (Å²) in [6.45, 7) is 12.3. The molecule has 6 aromatic rings. The van der Waals surface area contributed by atoms with Gasteiger partial charge in [-0.1, -0.05) is 75.5 Å². The monoisotopic (exact) mass is 780 g/mol. The maximum absolute atomic E-state index is 13.2. The molecule has 2 heterocycles. The van der Waals surface area contributed by atoms with E-state index < -0.39 is 9.85 Å². The van der Waals surface area contributed by atoms with Gasteiger partial charge in [0.2, 0.25) is 11.8 Å². The molecular weight excluding hydrogens is 741 g/mol. The van der Waals surface area contributed by atoms with Gasteiger partial charge in [-0.2, -0.15) is 0 Å². The van der Waals surface area contributed by atoms with Crippen LogP contribution in [0.5, 0.6) is 0 Å². The Balaban J connectivity index is 1.12. The summed E-state index contributed by atoms with van der Waals surface area (Å²) in [4.78, 5) is 62.7. The fourth-order valence-corrected chi connectivity index (χ4v) is 7.78. The van der Waals surface area contributed by atoms with Crippen molar-refractivity contribution in [3.05, 3.63) is 114 Å². The molecule has 14 nitrogen and oxygen atoms in total. The van der Waals surface area contributed by atoms with E-state index in [2.05, 4.69) is 82.5 Å². The molecule has 6 rings (SSSR count). The minimum atomic E-state index is -0.460. The van der Waals surface area contributed by atoms with Gasteiger partial charge in [0.15, 0.2) is 10.3 Å². The molecule has 0 aliphatic rings. The van der Waals surface area contributed by atoms with Crippen molar-refractivity contribution in [1.29, 1.82) is 0 Å². The molecule has 0 aliphatic heterocycles. The number of amides is 2. The van der Waals surface area contributed by atoms with Gasteiger partial charge in [-0.05, 0) is 77.6 Å². The van der Waals surface area contributed by atoms with E-state index in [0.29, 0.717) is 38.8 Å². The average molecular weight is 781 g/mol. The lowest BCUT2D eigenvalue weighted by Gasteiger charge is -2.20. The van der Waals surface area contributed by atoms with E-state index in [1.165, 1.54) is 47.8 Å². The molecule has 2 amide bonds. The number of H-pyrrole nitrogens is 2. The molecule has 0 radical (unpaired) electrons. The third kappa shape index (κ3) is 9.15. The first-order valence-corrected chi connectivity index (χ1v) is 19.5. The molecule has 2 aromatic heterocycles. The number of nitro benzene ring substituents is 2. The SMILES string of the molecule is Cc1cc(Cc2cc(C)c(NC(=O)CSc3nc4ccc([N+](=O)[O-])cc4[nH]3)c(C(C)C)c2)cc(C(C)C)c1NC(=O)CSc1nc2ccc([N+](=O)[O-])cc2[nH]1. The second-order valence-corrected chi connectivity index (χ2v) is 15.8. The normalized spacial score (nSPS) is 11.5. The molecule has 4 N–H and O–H groups in total. The van der Waals surface area contributed by atoms with Gasteiger partial charge in [0.05, 0.1) is 43.4 Å². The Morgan fingerprint density at radius 1 is 0.673 bits per heavy atom. The third-order valence-electron chi connectivity index (χ3n) is 9.02. The lowest BCUT2D eigenvalue weighted by molar-refractivity contribution is -0.384.